The lowest BCUT2D eigenvalue weighted by molar-refractivity contribution is 0.441. The summed E-state index contributed by atoms with van der Waals surface area (Å²) in [7, 11) is 0. The van der Waals surface area contributed by atoms with Crippen molar-refractivity contribution in [3.8, 4) is 11.5 Å². The van der Waals surface area contributed by atoms with Crippen molar-refractivity contribution in [2.45, 2.75) is 6.92 Å². The number of furan rings is 1. The van der Waals surface area contributed by atoms with Crippen LogP contribution in [0, 0.1) is 6.92 Å². The Kier molecular flexibility index (Phi) is 1.66. The molecule has 3 aromatic rings. The van der Waals surface area contributed by atoms with E-state index in [9.17, 15) is 10.2 Å². The maximum Gasteiger partial charge on any atom is 0.177 e. The average Bonchev–Trinajstić information content (AvgIpc) is 2.65. The van der Waals surface area contributed by atoms with Crippen LogP contribution < -0.4 is 0 Å². The largest absolute Gasteiger partial charge is 0.508 e. The standard InChI is InChI=1S/C13H10O3/c1-7-10(14)6-9-8-4-2-3-5-11(8)16-13(9)12(7)15/h2-6,14-15H,1H3. The zero-order chi connectivity index (χ0) is 11.3. The Balaban J connectivity index is 2.60. The van der Waals surface area contributed by atoms with Gasteiger partial charge in [-0.05, 0) is 19.1 Å². The second kappa shape index (κ2) is 2.92. The van der Waals surface area contributed by atoms with Crippen molar-refractivity contribution in [3.63, 3.8) is 0 Å². The van der Waals surface area contributed by atoms with Gasteiger partial charge in [0.25, 0.3) is 0 Å². The van der Waals surface area contributed by atoms with Gasteiger partial charge in [-0.3, -0.25) is 0 Å². The molecule has 0 radical (unpaired) electrons. The molecule has 0 saturated heterocycles. The molecule has 0 bridgehead atoms. The Hall–Kier alpha value is -2.16. The van der Waals surface area contributed by atoms with Crippen molar-refractivity contribution >= 4 is 21.9 Å². The predicted molar refractivity (Wildman–Crippen MR) is 61.8 cm³/mol. The lowest BCUT2D eigenvalue weighted by Gasteiger charge is -2.01. The van der Waals surface area contributed by atoms with Gasteiger partial charge in [0.15, 0.2) is 11.3 Å². The maximum atomic E-state index is 9.89. The first kappa shape index (κ1) is 9.09. The van der Waals surface area contributed by atoms with Gasteiger partial charge in [0.05, 0.1) is 0 Å². The number of phenolic OH excluding ortho intramolecular Hbond substituents is 2. The summed E-state index contributed by atoms with van der Waals surface area (Å²) in [5.74, 6) is 0.0859. The van der Waals surface area contributed by atoms with E-state index in [4.69, 9.17) is 4.42 Å². The number of fused-ring (bicyclic) bond motifs is 3. The van der Waals surface area contributed by atoms with Gasteiger partial charge in [-0.15, -0.1) is 0 Å². The van der Waals surface area contributed by atoms with Gasteiger partial charge >= 0.3 is 0 Å². The summed E-state index contributed by atoms with van der Waals surface area (Å²) in [5, 5.41) is 21.2. The molecule has 2 N–H and O–H groups in total. The monoisotopic (exact) mass is 214 g/mol. The van der Waals surface area contributed by atoms with E-state index < -0.39 is 0 Å². The van der Waals surface area contributed by atoms with Gasteiger partial charge in [-0.25, -0.2) is 0 Å². The van der Waals surface area contributed by atoms with Crippen LogP contribution in [-0.4, -0.2) is 10.2 Å². The number of phenols is 2. The molecule has 0 aliphatic carbocycles. The summed E-state index contributed by atoms with van der Waals surface area (Å²) >= 11 is 0. The fraction of sp³-hybridized carbons (Fsp3) is 0.0769. The van der Waals surface area contributed by atoms with E-state index in [1.54, 1.807) is 13.0 Å². The Labute approximate surface area is 91.5 Å². The van der Waals surface area contributed by atoms with Crippen LogP contribution in [0.4, 0.5) is 0 Å². The summed E-state index contributed by atoms with van der Waals surface area (Å²) in [4.78, 5) is 0. The van der Waals surface area contributed by atoms with Gasteiger partial charge < -0.3 is 14.6 Å². The summed E-state index contributed by atoms with van der Waals surface area (Å²) in [6, 6.07) is 9.12. The van der Waals surface area contributed by atoms with Crippen LogP contribution in [0.25, 0.3) is 21.9 Å². The summed E-state index contributed by atoms with van der Waals surface area (Å²) < 4.78 is 5.56. The highest BCUT2D eigenvalue weighted by atomic mass is 16.4. The first-order chi connectivity index (χ1) is 7.68. The van der Waals surface area contributed by atoms with E-state index in [1.807, 2.05) is 24.3 Å². The Morgan fingerprint density at radius 2 is 1.81 bits per heavy atom. The molecule has 0 aliphatic heterocycles. The van der Waals surface area contributed by atoms with Crippen molar-refractivity contribution in [3.05, 3.63) is 35.9 Å². The van der Waals surface area contributed by atoms with Gasteiger partial charge in [-0.1, -0.05) is 18.2 Å². The third kappa shape index (κ3) is 1.03. The van der Waals surface area contributed by atoms with E-state index in [0.29, 0.717) is 16.7 Å². The van der Waals surface area contributed by atoms with E-state index >= 15 is 0 Å². The summed E-state index contributed by atoms with van der Waals surface area (Å²) in [5.41, 5.74) is 1.57. The van der Waals surface area contributed by atoms with Crippen molar-refractivity contribution < 1.29 is 14.6 Å². The Morgan fingerprint density at radius 1 is 1.06 bits per heavy atom. The van der Waals surface area contributed by atoms with Gasteiger partial charge in [-0.2, -0.15) is 0 Å². The second-order valence-corrected chi connectivity index (χ2v) is 3.84. The van der Waals surface area contributed by atoms with Crippen LogP contribution in [0.3, 0.4) is 0 Å². The van der Waals surface area contributed by atoms with E-state index in [1.165, 1.54) is 0 Å². The highest BCUT2D eigenvalue weighted by Gasteiger charge is 2.14. The normalized spacial score (nSPS) is 11.3. The molecule has 0 spiro atoms. The fourth-order valence-electron chi connectivity index (χ4n) is 1.92. The van der Waals surface area contributed by atoms with E-state index in [2.05, 4.69) is 0 Å². The quantitative estimate of drug-likeness (QED) is 0.603. The lowest BCUT2D eigenvalue weighted by Crippen LogP contribution is -1.77. The fourth-order valence-corrected chi connectivity index (χ4v) is 1.92. The van der Waals surface area contributed by atoms with Crippen LogP contribution in [0.2, 0.25) is 0 Å². The summed E-state index contributed by atoms with van der Waals surface area (Å²) in [6.45, 7) is 1.65. The number of hydrogen-bond acceptors (Lipinski definition) is 3. The molecular weight excluding hydrogens is 204 g/mol. The minimum atomic E-state index is 0.00574. The molecule has 0 unspecified atom stereocenters. The highest BCUT2D eigenvalue weighted by molar-refractivity contribution is 6.07. The number of benzene rings is 2. The van der Waals surface area contributed by atoms with Gasteiger partial charge in [0.2, 0.25) is 0 Å². The van der Waals surface area contributed by atoms with Gasteiger partial charge in [0, 0.05) is 16.3 Å². The molecular formula is C13H10O3. The molecule has 3 nitrogen and oxygen atoms in total. The van der Waals surface area contributed by atoms with Crippen molar-refractivity contribution in [1.82, 2.24) is 0 Å². The molecule has 1 aromatic heterocycles. The smallest absolute Gasteiger partial charge is 0.177 e. The first-order valence-electron chi connectivity index (χ1n) is 5.01. The molecule has 2 aromatic carbocycles. The van der Waals surface area contributed by atoms with E-state index in [0.717, 1.165) is 10.8 Å². The molecule has 16 heavy (non-hydrogen) atoms. The number of para-hydroxylation sites is 1. The minimum absolute atomic E-state index is 0.00574. The molecule has 3 rings (SSSR count). The Bertz CT molecular complexity index is 695. The third-order valence-corrected chi connectivity index (χ3v) is 2.87. The van der Waals surface area contributed by atoms with Crippen molar-refractivity contribution in [2.24, 2.45) is 0 Å². The highest BCUT2D eigenvalue weighted by Crippen LogP contribution is 2.39. The average molecular weight is 214 g/mol. The minimum Gasteiger partial charge on any atom is -0.508 e. The van der Waals surface area contributed by atoms with Crippen LogP contribution >= 0.6 is 0 Å². The zero-order valence-corrected chi connectivity index (χ0v) is 8.69. The number of rotatable bonds is 0. The third-order valence-electron chi connectivity index (χ3n) is 2.87. The molecule has 1 heterocycles. The second-order valence-electron chi connectivity index (χ2n) is 3.84. The van der Waals surface area contributed by atoms with Crippen molar-refractivity contribution in [2.75, 3.05) is 0 Å². The molecule has 0 atom stereocenters. The Morgan fingerprint density at radius 3 is 2.62 bits per heavy atom. The van der Waals surface area contributed by atoms with Crippen LogP contribution in [0.1, 0.15) is 5.56 Å². The molecule has 0 amide bonds. The zero-order valence-electron chi connectivity index (χ0n) is 8.69. The molecule has 0 aliphatic rings. The van der Waals surface area contributed by atoms with E-state index in [-0.39, 0.29) is 11.5 Å². The van der Waals surface area contributed by atoms with Gasteiger partial charge in [0.1, 0.15) is 11.3 Å². The topological polar surface area (TPSA) is 53.6 Å². The number of hydrogen-bond donors (Lipinski definition) is 2. The predicted octanol–water partition coefficient (Wildman–Crippen LogP) is 3.31. The molecule has 80 valence electrons. The van der Waals surface area contributed by atoms with Crippen LogP contribution in [0.15, 0.2) is 34.7 Å². The van der Waals surface area contributed by atoms with Crippen LogP contribution in [0.5, 0.6) is 11.5 Å². The number of aromatic hydroxyl groups is 2. The molecule has 0 fully saturated rings. The maximum absolute atomic E-state index is 9.89. The van der Waals surface area contributed by atoms with Crippen LogP contribution in [-0.2, 0) is 0 Å². The first-order valence-corrected chi connectivity index (χ1v) is 5.01. The molecule has 3 heteroatoms. The SMILES string of the molecule is Cc1c(O)cc2c(oc3ccccc32)c1O. The summed E-state index contributed by atoms with van der Waals surface area (Å²) in [6.07, 6.45) is 0. The molecule has 0 saturated carbocycles. The lowest BCUT2D eigenvalue weighted by atomic mass is 10.1. The van der Waals surface area contributed by atoms with Crippen molar-refractivity contribution in [1.29, 1.82) is 0 Å².